The number of ether oxygens (including phenoxy) is 1. The Labute approximate surface area is 144 Å². The minimum Gasteiger partial charge on any atom is -0.452 e. The first-order chi connectivity index (χ1) is 12.0. The highest BCUT2D eigenvalue weighted by molar-refractivity contribution is 5.99. The number of hydrogen-bond acceptors (Lipinski definition) is 5. The quantitative estimate of drug-likeness (QED) is 0.485. The van der Waals surface area contributed by atoms with Gasteiger partial charge in [-0.15, -0.1) is 0 Å². The van der Waals surface area contributed by atoms with Gasteiger partial charge in [0, 0.05) is 23.9 Å². The first-order valence-electron chi connectivity index (χ1n) is 7.78. The lowest BCUT2D eigenvalue weighted by atomic mass is 10.1. The van der Waals surface area contributed by atoms with E-state index in [2.05, 4.69) is 0 Å². The number of carbonyl (C=O) groups is 2. The van der Waals surface area contributed by atoms with Gasteiger partial charge in [0.15, 0.2) is 6.61 Å². The van der Waals surface area contributed by atoms with Crippen LogP contribution in [-0.4, -0.2) is 30.0 Å². The molecule has 0 bridgehead atoms. The van der Waals surface area contributed by atoms with Gasteiger partial charge in [0.2, 0.25) is 0 Å². The number of amides is 1. The van der Waals surface area contributed by atoms with E-state index in [0.717, 1.165) is 17.7 Å². The molecule has 0 unspecified atom stereocenters. The first-order valence-corrected chi connectivity index (χ1v) is 7.78. The zero-order valence-corrected chi connectivity index (χ0v) is 13.6. The van der Waals surface area contributed by atoms with E-state index in [1.54, 1.807) is 4.90 Å². The van der Waals surface area contributed by atoms with Gasteiger partial charge in [-0.1, -0.05) is 24.3 Å². The van der Waals surface area contributed by atoms with Gasteiger partial charge >= 0.3 is 5.97 Å². The highest BCUT2D eigenvalue weighted by Crippen LogP contribution is 2.27. The van der Waals surface area contributed by atoms with Crippen LogP contribution in [0.1, 0.15) is 21.5 Å². The maximum Gasteiger partial charge on any atom is 0.339 e. The fourth-order valence-electron chi connectivity index (χ4n) is 2.92. The molecule has 3 rings (SSSR count). The molecule has 2 aromatic rings. The first kappa shape index (κ1) is 16.6. The number of benzene rings is 2. The van der Waals surface area contributed by atoms with Crippen LogP contribution < -0.4 is 4.90 Å². The molecule has 0 aliphatic carbocycles. The van der Waals surface area contributed by atoms with E-state index in [0.29, 0.717) is 6.54 Å². The summed E-state index contributed by atoms with van der Waals surface area (Å²) in [5.41, 5.74) is 2.06. The summed E-state index contributed by atoms with van der Waals surface area (Å²) in [7, 11) is 0. The Morgan fingerprint density at radius 3 is 2.72 bits per heavy atom. The van der Waals surface area contributed by atoms with Gasteiger partial charge in [0.05, 0.1) is 10.5 Å². The lowest BCUT2D eigenvalue weighted by molar-refractivity contribution is -0.385. The number of rotatable bonds is 4. The number of fused-ring (bicyclic) bond motifs is 1. The molecule has 0 atom stereocenters. The summed E-state index contributed by atoms with van der Waals surface area (Å²) in [6.07, 6.45) is 0.764. The molecule has 7 nitrogen and oxygen atoms in total. The highest BCUT2D eigenvalue weighted by atomic mass is 16.6. The van der Waals surface area contributed by atoms with E-state index in [1.165, 1.54) is 25.1 Å². The summed E-state index contributed by atoms with van der Waals surface area (Å²) in [6.45, 7) is 1.62. The smallest absolute Gasteiger partial charge is 0.339 e. The Balaban J connectivity index is 1.68. The number of hydrogen-bond donors (Lipinski definition) is 0. The maximum atomic E-state index is 12.3. The van der Waals surface area contributed by atoms with Crippen molar-refractivity contribution in [2.45, 2.75) is 13.3 Å². The van der Waals surface area contributed by atoms with Crippen molar-refractivity contribution in [3.63, 3.8) is 0 Å². The second-order valence-electron chi connectivity index (χ2n) is 5.71. The molecule has 0 saturated heterocycles. The van der Waals surface area contributed by atoms with Gasteiger partial charge in [0.25, 0.3) is 11.6 Å². The molecule has 25 heavy (non-hydrogen) atoms. The predicted octanol–water partition coefficient (Wildman–Crippen LogP) is 2.65. The van der Waals surface area contributed by atoms with E-state index in [4.69, 9.17) is 4.74 Å². The molecule has 0 saturated carbocycles. The van der Waals surface area contributed by atoms with Crippen LogP contribution in [0.5, 0.6) is 0 Å². The lowest BCUT2D eigenvalue weighted by Gasteiger charge is -2.17. The van der Waals surface area contributed by atoms with Crippen molar-refractivity contribution in [3.05, 3.63) is 69.3 Å². The topological polar surface area (TPSA) is 89.8 Å². The number of nitrogens with zero attached hydrogens (tertiary/aromatic N) is 2. The maximum absolute atomic E-state index is 12.3. The second-order valence-corrected chi connectivity index (χ2v) is 5.71. The molecule has 1 amide bonds. The van der Waals surface area contributed by atoms with Crippen molar-refractivity contribution in [1.82, 2.24) is 0 Å². The van der Waals surface area contributed by atoms with E-state index in [9.17, 15) is 19.7 Å². The zero-order chi connectivity index (χ0) is 18.0. The summed E-state index contributed by atoms with van der Waals surface area (Å²) in [4.78, 5) is 36.5. The Hall–Kier alpha value is -3.22. The predicted molar refractivity (Wildman–Crippen MR) is 90.6 cm³/mol. The number of nitro groups is 1. The molecule has 0 aromatic heterocycles. The molecular formula is C18H16N2O5. The van der Waals surface area contributed by atoms with E-state index in [-0.39, 0.29) is 22.7 Å². The number of esters is 1. The van der Waals surface area contributed by atoms with Crippen LogP contribution in [0.2, 0.25) is 0 Å². The molecule has 0 fully saturated rings. The van der Waals surface area contributed by atoms with Crippen molar-refractivity contribution < 1.29 is 19.2 Å². The average Bonchev–Trinajstić information content (AvgIpc) is 3.03. The third-order valence-corrected chi connectivity index (χ3v) is 4.24. The van der Waals surface area contributed by atoms with Crippen LogP contribution in [0, 0.1) is 17.0 Å². The van der Waals surface area contributed by atoms with Crippen LogP contribution >= 0.6 is 0 Å². The molecule has 0 spiro atoms. The Kier molecular flexibility index (Phi) is 4.47. The number of carbonyl (C=O) groups excluding carboxylic acids is 2. The summed E-state index contributed by atoms with van der Waals surface area (Å²) in [6, 6.07) is 11.8. The summed E-state index contributed by atoms with van der Waals surface area (Å²) in [5.74, 6) is -1.07. The molecule has 1 aliphatic rings. The molecule has 1 aliphatic heterocycles. The van der Waals surface area contributed by atoms with Crippen molar-refractivity contribution >= 4 is 23.3 Å². The SMILES string of the molecule is Cc1c(C(=O)OCC(=O)N2CCc3ccccc32)cccc1[N+](=O)[O-]. The van der Waals surface area contributed by atoms with Gasteiger partial charge in [-0.2, -0.15) is 0 Å². The van der Waals surface area contributed by atoms with Gasteiger partial charge in [-0.25, -0.2) is 4.79 Å². The van der Waals surface area contributed by atoms with Gasteiger partial charge in [0.1, 0.15) is 0 Å². The molecular weight excluding hydrogens is 324 g/mol. The Morgan fingerprint density at radius 2 is 1.96 bits per heavy atom. The number of anilines is 1. The Bertz CT molecular complexity index is 862. The van der Waals surface area contributed by atoms with Gasteiger partial charge in [-0.3, -0.25) is 14.9 Å². The van der Waals surface area contributed by atoms with Gasteiger partial charge < -0.3 is 9.64 Å². The standard InChI is InChI=1S/C18H16N2O5/c1-12-14(6-4-8-15(12)20(23)24)18(22)25-11-17(21)19-10-9-13-5-2-3-7-16(13)19/h2-8H,9-11H2,1H3. The van der Waals surface area contributed by atoms with Crippen molar-refractivity contribution in [3.8, 4) is 0 Å². The number of nitro benzene ring substituents is 1. The van der Waals surface area contributed by atoms with Crippen LogP contribution in [0.3, 0.4) is 0 Å². The fourth-order valence-corrected chi connectivity index (χ4v) is 2.92. The molecule has 1 heterocycles. The Morgan fingerprint density at radius 1 is 1.20 bits per heavy atom. The van der Waals surface area contributed by atoms with Crippen LogP contribution in [0.15, 0.2) is 42.5 Å². The molecule has 7 heteroatoms. The summed E-state index contributed by atoms with van der Waals surface area (Å²) >= 11 is 0. The molecule has 0 radical (unpaired) electrons. The summed E-state index contributed by atoms with van der Waals surface area (Å²) in [5, 5.41) is 10.9. The lowest BCUT2D eigenvalue weighted by Crippen LogP contribution is -2.33. The van der Waals surface area contributed by atoms with Crippen LogP contribution in [0.25, 0.3) is 0 Å². The fraction of sp³-hybridized carbons (Fsp3) is 0.222. The highest BCUT2D eigenvalue weighted by Gasteiger charge is 2.26. The third kappa shape index (κ3) is 3.21. The zero-order valence-electron chi connectivity index (χ0n) is 13.6. The summed E-state index contributed by atoms with van der Waals surface area (Å²) < 4.78 is 5.08. The van der Waals surface area contributed by atoms with Crippen molar-refractivity contribution in [2.24, 2.45) is 0 Å². The van der Waals surface area contributed by atoms with Crippen molar-refractivity contribution in [2.75, 3.05) is 18.1 Å². The largest absolute Gasteiger partial charge is 0.452 e. The minimum atomic E-state index is -0.748. The molecule has 2 aromatic carbocycles. The van der Waals surface area contributed by atoms with Crippen LogP contribution in [0.4, 0.5) is 11.4 Å². The van der Waals surface area contributed by atoms with E-state index >= 15 is 0 Å². The van der Waals surface area contributed by atoms with Gasteiger partial charge in [-0.05, 0) is 31.0 Å². The monoisotopic (exact) mass is 340 g/mol. The van der Waals surface area contributed by atoms with E-state index < -0.39 is 17.5 Å². The second kappa shape index (κ2) is 6.72. The average molecular weight is 340 g/mol. The normalized spacial score (nSPS) is 12.6. The van der Waals surface area contributed by atoms with E-state index in [1.807, 2.05) is 24.3 Å². The molecule has 0 N–H and O–H groups in total. The number of para-hydroxylation sites is 1. The van der Waals surface area contributed by atoms with Crippen molar-refractivity contribution in [1.29, 1.82) is 0 Å². The van der Waals surface area contributed by atoms with Crippen LogP contribution in [-0.2, 0) is 16.0 Å². The minimum absolute atomic E-state index is 0.0869. The third-order valence-electron chi connectivity index (χ3n) is 4.24. The molecule has 128 valence electrons.